The first kappa shape index (κ1) is 15.9. The molecule has 0 saturated carbocycles. The van der Waals surface area contributed by atoms with E-state index in [-0.39, 0.29) is 46.5 Å². The van der Waals surface area contributed by atoms with Crippen LogP contribution in [0.2, 0.25) is 0 Å². The summed E-state index contributed by atoms with van der Waals surface area (Å²) in [5, 5.41) is 7.99. The van der Waals surface area contributed by atoms with Crippen molar-refractivity contribution in [2.45, 2.75) is 13.8 Å². The molecule has 4 heteroatoms. The maximum absolute atomic E-state index is 9.70. The Kier molecular flexibility index (Phi) is 15.2. The van der Waals surface area contributed by atoms with E-state index in [1.54, 1.807) is 13.8 Å². The van der Waals surface area contributed by atoms with Gasteiger partial charge in [0.05, 0.1) is 5.92 Å². The van der Waals surface area contributed by atoms with E-state index in [1.807, 2.05) is 0 Å². The Morgan fingerprint density at radius 2 is 1.62 bits per heavy atom. The van der Waals surface area contributed by atoms with Crippen LogP contribution in [0.25, 0.3) is 0 Å². The third-order valence-electron chi connectivity index (χ3n) is 0.494. The molecule has 0 aliphatic heterocycles. The Labute approximate surface area is 76.4 Å². The average Bonchev–Trinajstić information content (AvgIpc) is 1.36. The zero-order valence-corrected chi connectivity index (χ0v) is 5.93. The Hall–Kier alpha value is 0.665. The molecule has 0 unspecified atom stereocenters. The van der Waals surface area contributed by atoms with Crippen molar-refractivity contribution >= 4 is 5.97 Å². The molecule has 0 aliphatic rings. The Balaban J connectivity index is -0.0000000208. The van der Waals surface area contributed by atoms with Gasteiger partial charge in [-0.3, -0.25) is 4.79 Å². The normalized spacial score (nSPS) is 6.88. The fourth-order valence-corrected chi connectivity index (χ4v) is 0. The molecule has 0 saturated heterocycles. The van der Waals surface area contributed by atoms with Crippen LogP contribution in [-0.2, 0) is 4.79 Å². The smallest absolute Gasteiger partial charge is 1.00 e. The predicted molar refractivity (Wildman–Crippen MR) is 24.7 cm³/mol. The first-order chi connectivity index (χ1) is 2.64. The fourth-order valence-electron chi connectivity index (χ4n) is 0. The van der Waals surface area contributed by atoms with Crippen molar-refractivity contribution < 1.29 is 50.5 Å². The SMILES string of the molecule is CC(C)C(=O)O.[H-].[H-].[Li+].[Li+]. The van der Waals surface area contributed by atoms with Crippen LogP contribution in [0.5, 0.6) is 0 Å². The third-order valence-corrected chi connectivity index (χ3v) is 0.494. The quantitative estimate of drug-likeness (QED) is 0.338. The van der Waals surface area contributed by atoms with Gasteiger partial charge in [-0.2, -0.15) is 0 Å². The van der Waals surface area contributed by atoms with Crippen molar-refractivity contribution in [2.75, 3.05) is 0 Å². The molecule has 0 aromatic heterocycles. The van der Waals surface area contributed by atoms with Crippen LogP contribution < -0.4 is 37.7 Å². The van der Waals surface area contributed by atoms with E-state index in [0.29, 0.717) is 0 Å². The van der Waals surface area contributed by atoms with E-state index < -0.39 is 5.97 Å². The van der Waals surface area contributed by atoms with E-state index >= 15 is 0 Å². The number of hydrogen-bond acceptors (Lipinski definition) is 1. The monoisotopic (exact) mass is 104 g/mol. The molecule has 0 aromatic rings. The van der Waals surface area contributed by atoms with Gasteiger partial charge in [-0.1, -0.05) is 13.8 Å². The van der Waals surface area contributed by atoms with Crippen LogP contribution in [0.15, 0.2) is 0 Å². The van der Waals surface area contributed by atoms with Gasteiger partial charge in [0.25, 0.3) is 0 Å². The average molecular weight is 104 g/mol. The number of rotatable bonds is 1. The third kappa shape index (κ3) is 9.83. The molecule has 0 bridgehead atoms. The minimum Gasteiger partial charge on any atom is -1.00 e. The molecule has 0 rings (SSSR count). The molecular weight excluding hydrogens is 93.9 g/mol. The molecule has 0 heterocycles. The standard InChI is InChI=1S/C4H8O2.2Li.2H/c1-3(2)4(5)6;;;;/h3H,1-2H3,(H,5,6);;;;/q;2*+1;2*-1. The summed E-state index contributed by atoms with van der Waals surface area (Å²) in [6.07, 6.45) is 0. The van der Waals surface area contributed by atoms with Crippen molar-refractivity contribution in [3.05, 3.63) is 0 Å². The van der Waals surface area contributed by atoms with Gasteiger partial charge >= 0.3 is 43.7 Å². The second-order valence-corrected chi connectivity index (χ2v) is 1.49. The Bertz CT molecular complexity index is 70.3. The number of carboxylic acid groups (broad SMARTS) is 1. The van der Waals surface area contributed by atoms with Gasteiger partial charge in [0.1, 0.15) is 0 Å². The minimum absolute atomic E-state index is 0. The summed E-state index contributed by atoms with van der Waals surface area (Å²) in [6.45, 7) is 3.28. The van der Waals surface area contributed by atoms with Gasteiger partial charge < -0.3 is 7.96 Å². The molecule has 0 aliphatic carbocycles. The van der Waals surface area contributed by atoms with Gasteiger partial charge in [0, 0.05) is 0 Å². The van der Waals surface area contributed by atoms with E-state index in [2.05, 4.69) is 0 Å². The van der Waals surface area contributed by atoms with Gasteiger partial charge in [-0.25, -0.2) is 0 Å². The number of carboxylic acids is 1. The van der Waals surface area contributed by atoms with Crippen LogP contribution in [0, 0.1) is 5.92 Å². The number of carbonyl (C=O) groups is 1. The zero-order valence-electron chi connectivity index (χ0n) is 7.93. The van der Waals surface area contributed by atoms with E-state index in [1.165, 1.54) is 0 Å². The molecule has 8 heavy (non-hydrogen) atoms. The summed E-state index contributed by atoms with van der Waals surface area (Å²) in [7, 11) is 0. The Morgan fingerprint density at radius 1 is 1.50 bits per heavy atom. The molecule has 1 N–H and O–H groups in total. The molecule has 0 fully saturated rings. The van der Waals surface area contributed by atoms with Gasteiger partial charge in [0.15, 0.2) is 0 Å². The maximum Gasteiger partial charge on any atom is 1.00 e. The fraction of sp³-hybridized carbons (Fsp3) is 0.750. The van der Waals surface area contributed by atoms with Gasteiger partial charge in [-0.15, -0.1) is 0 Å². The van der Waals surface area contributed by atoms with Crippen molar-refractivity contribution in [2.24, 2.45) is 5.92 Å². The molecule has 0 radical (unpaired) electrons. The molecular formula is C4H10Li2O2. The minimum atomic E-state index is -0.741. The molecule has 0 aromatic carbocycles. The van der Waals surface area contributed by atoms with Crippen LogP contribution in [0.4, 0.5) is 0 Å². The van der Waals surface area contributed by atoms with E-state index in [9.17, 15) is 4.79 Å². The molecule has 2 nitrogen and oxygen atoms in total. The van der Waals surface area contributed by atoms with Crippen molar-refractivity contribution in [1.82, 2.24) is 0 Å². The summed E-state index contributed by atoms with van der Waals surface area (Å²) in [5.74, 6) is -0.972. The first-order valence-electron chi connectivity index (χ1n) is 1.87. The van der Waals surface area contributed by atoms with Crippen LogP contribution >= 0.6 is 0 Å². The topological polar surface area (TPSA) is 37.3 Å². The van der Waals surface area contributed by atoms with E-state index in [4.69, 9.17) is 5.11 Å². The van der Waals surface area contributed by atoms with Crippen molar-refractivity contribution in [3.63, 3.8) is 0 Å². The molecule has 40 valence electrons. The predicted octanol–water partition coefficient (Wildman–Crippen LogP) is -5.04. The molecule has 0 spiro atoms. The summed E-state index contributed by atoms with van der Waals surface area (Å²) >= 11 is 0. The van der Waals surface area contributed by atoms with Gasteiger partial charge in [0.2, 0.25) is 0 Å². The maximum atomic E-state index is 9.70. The summed E-state index contributed by atoms with van der Waals surface area (Å²) in [5.41, 5.74) is 0. The molecule has 0 amide bonds. The first-order valence-corrected chi connectivity index (χ1v) is 1.87. The second kappa shape index (κ2) is 7.66. The van der Waals surface area contributed by atoms with Crippen molar-refractivity contribution in [3.8, 4) is 0 Å². The molecule has 0 atom stereocenters. The Morgan fingerprint density at radius 3 is 1.62 bits per heavy atom. The largest absolute Gasteiger partial charge is 1.00 e. The summed E-state index contributed by atoms with van der Waals surface area (Å²) in [4.78, 5) is 9.70. The number of hydrogen-bond donors (Lipinski definition) is 1. The van der Waals surface area contributed by atoms with Gasteiger partial charge in [-0.05, 0) is 0 Å². The van der Waals surface area contributed by atoms with E-state index in [0.717, 1.165) is 0 Å². The zero-order chi connectivity index (χ0) is 5.15. The summed E-state index contributed by atoms with van der Waals surface area (Å²) in [6, 6.07) is 0. The number of aliphatic carboxylic acids is 1. The van der Waals surface area contributed by atoms with Crippen LogP contribution in [0.3, 0.4) is 0 Å². The van der Waals surface area contributed by atoms with Crippen LogP contribution in [0.1, 0.15) is 16.7 Å². The summed E-state index contributed by atoms with van der Waals surface area (Å²) < 4.78 is 0. The van der Waals surface area contributed by atoms with Crippen molar-refractivity contribution in [1.29, 1.82) is 0 Å². The van der Waals surface area contributed by atoms with Crippen LogP contribution in [-0.4, -0.2) is 11.1 Å². The second-order valence-electron chi connectivity index (χ2n) is 1.49.